The molecule has 0 radical (unpaired) electrons. The molecule has 1 aromatic heterocycles. The Balaban J connectivity index is 1.69. The van der Waals surface area contributed by atoms with E-state index in [4.69, 9.17) is 11.6 Å². The summed E-state index contributed by atoms with van der Waals surface area (Å²) in [4.78, 5) is 4.56. The molecule has 0 amide bonds. The number of rotatable bonds is 6. The van der Waals surface area contributed by atoms with Crippen LogP contribution in [0.1, 0.15) is 43.6 Å². The molecule has 1 heterocycles. The second kappa shape index (κ2) is 7.70. The maximum Gasteiger partial charge on any atom is 0.246 e. The van der Waals surface area contributed by atoms with E-state index in [1.54, 1.807) is 0 Å². The van der Waals surface area contributed by atoms with Crippen molar-refractivity contribution in [1.29, 1.82) is 0 Å². The van der Waals surface area contributed by atoms with E-state index in [9.17, 15) is 0 Å². The molecule has 2 N–H and O–H groups in total. The summed E-state index contributed by atoms with van der Waals surface area (Å²) < 4.78 is 0. The topological polar surface area (TPSA) is 53.6 Å². The van der Waals surface area contributed by atoms with Crippen molar-refractivity contribution in [2.45, 2.75) is 33.1 Å². The summed E-state index contributed by atoms with van der Waals surface area (Å²) in [5, 5.41) is 11.2. The fraction of sp³-hybridized carbons (Fsp3) is 0.300. The van der Waals surface area contributed by atoms with Crippen LogP contribution in [0.25, 0.3) is 0 Å². The van der Waals surface area contributed by atoms with Gasteiger partial charge in [0.1, 0.15) is 5.82 Å². The van der Waals surface area contributed by atoms with E-state index in [0.29, 0.717) is 16.9 Å². The van der Waals surface area contributed by atoms with Crippen molar-refractivity contribution in [1.82, 2.24) is 15.2 Å². The van der Waals surface area contributed by atoms with Crippen molar-refractivity contribution in [3.05, 3.63) is 70.5 Å². The normalized spacial score (nSPS) is 12.4. The van der Waals surface area contributed by atoms with Crippen LogP contribution in [0.15, 0.2) is 48.5 Å². The van der Waals surface area contributed by atoms with Gasteiger partial charge in [-0.1, -0.05) is 56.6 Å². The van der Waals surface area contributed by atoms with Crippen LogP contribution in [0.2, 0.25) is 5.02 Å². The molecular formula is C20H23ClN4. The number of aromatic nitrogens is 3. The first kappa shape index (κ1) is 17.5. The van der Waals surface area contributed by atoms with Crippen molar-refractivity contribution >= 4 is 23.2 Å². The number of hydrogen-bond acceptors (Lipinski definition) is 3. The molecule has 130 valence electrons. The van der Waals surface area contributed by atoms with E-state index >= 15 is 0 Å². The van der Waals surface area contributed by atoms with Gasteiger partial charge in [-0.3, -0.25) is 5.10 Å². The van der Waals surface area contributed by atoms with Crippen LogP contribution in [-0.2, 0) is 6.42 Å². The van der Waals surface area contributed by atoms with Gasteiger partial charge < -0.3 is 5.32 Å². The first-order chi connectivity index (χ1) is 12.0. The highest BCUT2D eigenvalue weighted by Gasteiger charge is 2.14. The average molecular weight is 355 g/mol. The van der Waals surface area contributed by atoms with Gasteiger partial charge in [0.15, 0.2) is 0 Å². The fourth-order valence-corrected chi connectivity index (χ4v) is 2.88. The van der Waals surface area contributed by atoms with E-state index < -0.39 is 0 Å². The lowest BCUT2D eigenvalue weighted by Gasteiger charge is -2.10. The van der Waals surface area contributed by atoms with Gasteiger partial charge in [-0.15, -0.1) is 5.10 Å². The van der Waals surface area contributed by atoms with Crippen LogP contribution < -0.4 is 5.32 Å². The predicted octanol–water partition coefficient (Wildman–Crippen LogP) is 5.55. The zero-order valence-corrected chi connectivity index (χ0v) is 15.5. The summed E-state index contributed by atoms with van der Waals surface area (Å²) in [5.41, 5.74) is 3.50. The van der Waals surface area contributed by atoms with Crippen molar-refractivity contribution in [2.24, 2.45) is 5.92 Å². The maximum absolute atomic E-state index is 5.90. The molecule has 0 aliphatic rings. The molecule has 1 atom stereocenters. The van der Waals surface area contributed by atoms with E-state index in [1.807, 2.05) is 24.3 Å². The smallest absolute Gasteiger partial charge is 0.246 e. The first-order valence-corrected chi connectivity index (χ1v) is 8.93. The average Bonchev–Trinajstić information content (AvgIpc) is 3.05. The Labute approximate surface area is 153 Å². The molecule has 0 bridgehead atoms. The molecule has 2 aromatic carbocycles. The van der Waals surface area contributed by atoms with Gasteiger partial charge >= 0.3 is 0 Å². The summed E-state index contributed by atoms with van der Waals surface area (Å²) in [6.45, 7) is 6.60. The Morgan fingerprint density at radius 2 is 1.68 bits per heavy atom. The Hall–Kier alpha value is -2.33. The summed E-state index contributed by atoms with van der Waals surface area (Å²) in [6, 6.07) is 16.2. The standard InChI is InChI=1S/C20H23ClN4/c1-13(2)12-15-4-6-16(7-5-15)14(3)19-23-20(25-24-19)22-18-10-8-17(21)9-11-18/h4-11,13-14H,12H2,1-3H3,(H2,22,23,24,25). The molecule has 0 fully saturated rings. The predicted molar refractivity (Wildman–Crippen MR) is 104 cm³/mol. The van der Waals surface area contributed by atoms with Crippen LogP contribution in [0.4, 0.5) is 11.6 Å². The molecule has 1 unspecified atom stereocenters. The number of nitrogens with zero attached hydrogens (tertiary/aromatic N) is 2. The second-order valence-electron chi connectivity index (χ2n) is 6.74. The van der Waals surface area contributed by atoms with E-state index in [-0.39, 0.29) is 5.92 Å². The van der Waals surface area contributed by atoms with Gasteiger partial charge in [-0.2, -0.15) is 4.98 Å². The van der Waals surface area contributed by atoms with Gasteiger partial charge in [0.2, 0.25) is 5.95 Å². The number of halogens is 1. The lowest BCUT2D eigenvalue weighted by molar-refractivity contribution is 0.647. The molecule has 0 saturated carbocycles. The summed E-state index contributed by atoms with van der Waals surface area (Å²) >= 11 is 5.90. The third kappa shape index (κ3) is 4.60. The van der Waals surface area contributed by atoms with E-state index in [0.717, 1.165) is 17.9 Å². The van der Waals surface area contributed by atoms with Crippen LogP contribution in [0.3, 0.4) is 0 Å². The number of H-pyrrole nitrogens is 1. The minimum Gasteiger partial charge on any atom is -0.323 e. The minimum absolute atomic E-state index is 0.154. The Morgan fingerprint density at radius 1 is 1.00 bits per heavy atom. The van der Waals surface area contributed by atoms with Crippen molar-refractivity contribution in [2.75, 3.05) is 5.32 Å². The summed E-state index contributed by atoms with van der Waals surface area (Å²) in [6.07, 6.45) is 1.10. The summed E-state index contributed by atoms with van der Waals surface area (Å²) in [5.74, 6) is 2.22. The molecule has 5 heteroatoms. The largest absolute Gasteiger partial charge is 0.323 e. The van der Waals surface area contributed by atoms with E-state index in [1.165, 1.54) is 11.1 Å². The van der Waals surface area contributed by atoms with Crippen LogP contribution in [0, 0.1) is 5.92 Å². The fourth-order valence-electron chi connectivity index (χ4n) is 2.76. The molecular weight excluding hydrogens is 332 g/mol. The maximum atomic E-state index is 5.90. The molecule has 3 rings (SSSR count). The molecule has 0 aliphatic heterocycles. The van der Waals surface area contributed by atoms with Gasteiger partial charge in [0, 0.05) is 16.6 Å². The number of nitrogens with one attached hydrogen (secondary N) is 2. The highest BCUT2D eigenvalue weighted by molar-refractivity contribution is 6.30. The summed E-state index contributed by atoms with van der Waals surface area (Å²) in [7, 11) is 0. The zero-order chi connectivity index (χ0) is 17.8. The van der Waals surface area contributed by atoms with Crippen molar-refractivity contribution in [3.63, 3.8) is 0 Å². The molecule has 3 aromatic rings. The van der Waals surface area contributed by atoms with Crippen molar-refractivity contribution in [3.8, 4) is 0 Å². The second-order valence-corrected chi connectivity index (χ2v) is 7.17. The van der Waals surface area contributed by atoms with Crippen LogP contribution in [-0.4, -0.2) is 15.2 Å². The van der Waals surface area contributed by atoms with Crippen molar-refractivity contribution < 1.29 is 0 Å². The first-order valence-electron chi connectivity index (χ1n) is 8.55. The Morgan fingerprint density at radius 3 is 2.32 bits per heavy atom. The Kier molecular flexibility index (Phi) is 5.39. The number of benzene rings is 2. The van der Waals surface area contributed by atoms with Gasteiger partial charge in [-0.05, 0) is 47.7 Å². The minimum atomic E-state index is 0.154. The Bertz CT molecular complexity index is 806. The zero-order valence-electron chi connectivity index (χ0n) is 14.8. The third-order valence-electron chi connectivity index (χ3n) is 4.14. The number of anilines is 2. The van der Waals surface area contributed by atoms with Crippen LogP contribution >= 0.6 is 11.6 Å². The molecule has 0 saturated heterocycles. The lowest BCUT2D eigenvalue weighted by Crippen LogP contribution is -2.00. The quantitative estimate of drug-likeness (QED) is 0.610. The monoisotopic (exact) mass is 354 g/mol. The van der Waals surface area contributed by atoms with Gasteiger partial charge in [0.05, 0.1) is 0 Å². The molecule has 25 heavy (non-hydrogen) atoms. The van der Waals surface area contributed by atoms with Crippen LogP contribution in [0.5, 0.6) is 0 Å². The number of hydrogen-bond donors (Lipinski definition) is 2. The number of aromatic amines is 1. The molecule has 4 nitrogen and oxygen atoms in total. The van der Waals surface area contributed by atoms with Gasteiger partial charge in [0.25, 0.3) is 0 Å². The highest BCUT2D eigenvalue weighted by Crippen LogP contribution is 2.24. The molecule has 0 spiro atoms. The van der Waals surface area contributed by atoms with E-state index in [2.05, 4.69) is 65.5 Å². The molecule has 0 aliphatic carbocycles. The highest BCUT2D eigenvalue weighted by atomic mass is 35.5. The lowest BCUT2D eigenvalue weighted by atomic mass is 9.96. The third-order valence-corrected chi connectivity index (χ3v) is 4.39. The van der Waals surface area contributed by atoms with Gasteiger partial charge in [-0.25, -0.2) is 0 Å². The SMILES string of the molecule is CC(C)Cc1ccc(C(C)c2nc(Nc3ccc(Cl)cc3)n[nH]2)cc1.